The lowest BCUT2D eigenvalue weighted by atomic mass is 10.00. The molecule has 0 aromatic heterocycles. The van der Waals surface area contributed by atoms with E-state index in [1.165, 1.54) is 25.7 Å². The summed E-state index contributed by atoms with van der Waals surface area (Å²) in [5.74, 6) is -0.0794. The number of nitrogen functional groups attached to an aromatic ring is 1. The van der Waals surface area contributed by atoms with Crippen LogP contribution in [0.2, 0.25) is 0 Å². The van der Waals surface area contributed by atoms with Gasteiger partial charge in [0.2, 0.25) is 0 Å². The first-order valence-electron chi connectivity index (χ1n) is 6.48. The Labute approximate surface area is 106 Å². The molecular formula is C14H18N2O2. The van der Waals surface area contributed by atoms with Gasteiger partial charge in [0.1, 0.15) is 0 Å². The number of carboxylic acids is 1. The maximum absolute atomic E-state index is 11.2. The van der Waals surface area contributed by atoms with Crippen LogP contribution in [0, 0.1) is 11.3 Å². The van der Waals surface area contributed by atoms with Crippen LogP contribution in [0.4, 0.5) is 11.4 Å². The molecule has 0 unspecified atom stereocenters. The molecule has 4 heteroatoms. The summed E-state index contributed by atoms with van der Waals surface area (Å²) >= 11 is 0. The summed E-state index contributed by atoms with van der Waals surface area (Å²) < 4.78 is 0. The molecule has 0 amide bonds. The molecule has 3 rings (SSSR count). The van der Waals surface area contributed by atoms with Crippen LogP contribution >= 0.6 is 0 Å². The van der Waals surface area contributed by atoms with Crippen molar-refractivity contribution in [2.24, 2.45) is 11.3 Å². The smallest absolute Gasteiger partial charge is 0.337 e. The summed E-state index contributed by atoms with van der Waals surface area (Å²) in [6.45, 7) is 0.853. The normalized spacial score (nSPS) is 20.4. The predicted molar refractivity (Wildman–Crippen MR) is 70.7 cm³/mol. The third-order valence-electron chi connectivity index (χ3n) is 4.28. The van der Waals surface area contributed by atoms with Crippen molar-refractivity contribution in [2.45, 2.75) is 25.7 Å². The van der Waals surface area contributed by atoms with E-state index in [0.29, 0.717) is 16.8 Å². The topological polar surface area (TPSA) is 75.4 Å². The first kappa shape index (κ1) is 11.4. The van der Waals surface area contributed by atoms with Gasteiger partial charge in [-0.1, -0.05) is 6.07 Å². The van der Waals surface area contributed by atoms with Crippen LogP contribution in [0.3, 0.4) is 0 Å². The minimum atomic E-state index is -0.930. The number of carboxylic acid groups (broad SMARTS) is 1. The van der Waals surface area contributed by atoms with Crippen molar-refractivity contribution in [3.8, 4) is 0 Å². The number of nitrogens with one attached hydrogen (secondary N) is 1. The minimum absolute atomic E-state index is 0.265. The molecule has 0 bridgehead atoms. The van der Waals surface area contributed by atoms with Gasteiger partial charge in [0.15, 0.2) is 0 Å². The zero-order valence-electron chi connectivity index (χ0n) is 10.3. The first-order valence-corrected chi connectivity index (χ1v) is 6.48. The van der Waals surface area contributed by atoms with Crippen molar-refractivity contribution in [2.75, 3.05) is 17.6 Å². The third kappa shape index (κ3) is 1.92. The Balaban J connectivity index is 1.77. The van der Waals surface area contributed by atoms with E-state index >= 15 is 0 Å². The summed E-state index contributed by atoms with van der Waals surface area (Å²) in [5.41, 5.74) is 7.66. The van der Waals surface area contributed by atoms with Crippen LogP contribution in [0.25, 0.3) is 0 Å². The fourth-order valence-corrected chi connectivity index (χ4v) is 2.80. The molecule has 1 aromatic carbocycles. The molecule has 0 spiro atoms. The van der Waals surface area contributed by atoms with Gasteiger partial charge in [-0.25, -0.2) is 4.79 Å². The number of nitrogens with two attached hydrogens (primary N) is 1. The van der Waals surface area contributed by atoms with E-state index in [4.69, 9.17) is 10.8 Å². The second-order valence-corrected chi connectivity index (χ2v) is 5.57. The predicted octanol–water partition coefficient (Wildman–Crippen LogP) is 2.57. The summed E-state index contributed by atoms with van der Waals surface area (Å²) in [7, 11) is 0. The lowest BCUT2D eigenvalue weighted by Gasteiger charge is -2.18. The van der Waals surface area contributed by atoms with Gasteiger partial charge in [-0.3, -0.25) is 0 Å². The second kappa shape index (κ2) is 3.90. The van der Waals surface area contributed by atoms with E-state index in [9.17, 15) is 4.79 Å². The van der Waals surface area contributed by atoms with Crippen LogP contribution in [0.1, 0.15) is 36.0 Å². The first-order chi connectivity index (χ1) is 8.62. The third-order valence-corrected chi connectivity index (χ3v) is 4.28. The van der Waals surface area contributed by atoms with Crippen molar-refractivity contribution < 1.29 is 9.90 Å². The number of carbonyl (C=O) groups is 1. The number of anilines is 2. The molecule has 0 radical (unpaired) electrons. The summed E-state index contributed by atoms with van der Waals surface area (Å²) in [6, 6.07) is 5.01. The van der Waals surface area contributed by atoms with Gasteiger partial charge >= 0.3 is 5.97 Å². The number of hydrogen-bond donors (Lipinski definition) is 3. The summed E-state index contributed by atoms with van der Waals surface area (Å²) in [6.07, 6.45) is 5.19. The monoisotopic (exact) mass is 246 g/mol. The number of hydrogen-bond acceptors (Lipinski definition) is 3. The molecule has 2 saturated carbocycles. The highest BCUT2D eigenvalue weighted by Crippen LogP contribution is 2.61. The Morgan fingerprint density at radius 1 is 1.44 bits per heavy atom. The lowest BCUT2D eigenvalue weighted by molar-refractivity contribution is 0.0698. The molecule has 2 aliphatic rings. The van der Waals surface area contributed by atoms with Gasteiger partial charge < -0.3 is 16.2 Å². The van der Waals surface area contributed by atoms with E-state index in [1.54, 1.807) is 18.2 Å². The second-order valence-electron chi connectivity index (χ2n) is 5.57. The number of para-hydroxylation sites is 1. The quantitative estimate of drug-likeness (QED) is 0.698. The number of benzene rings is 1. The van der Waals surface area contributed by atoms with E-state index < -0.39 is 5.97 Å². The van der Waals surface area contributed by atoms with Gasteiger partial charge in [0.25, 0.3) is 0 Å². The van der Waals surface area contributed by atoms with Crippen LogP contribution in [0.15, 0.2) is 18.2 Å². The van der Waals surface area contributed by atoms with E-state index in [2.05, 4.69) is 5.32 Å². The van der Waals surface area contributed by atoms with Crippen molar-refractivity contribution >= 4 is 17.3 Å². The molecule has 18 heavy (non-hydrogen) atoms. The molecule has 4 nitrogen and oxygen atoms in total. The molecule has 0 saturated heterocycles. The molecular weight excluding hydrogens is 228 g/mol. The Kier molecular flexibility index (Phi) is 2.47. The van der Waals surface area contributed by atoms with E-state index in [0.717, 1.165) is 12.5 Å². The van der Waals surface area contributed by atoms with Gasteiger partial charge in [-0.15, -0.1) is 0 Å². The highest BCUT2D eigenvalue weighted by Gasteiger charge is 2.53. The molecule has 4 N–H and O–H groups in total. The molecule has 1 aromatic rings. The highest BCUT2D eigenvalue weighted by molar-refractivity contribution is 5.97. The van der Waals surface area contributed by atoms with Gasteiger partial charge in [-0.05, 0) is 49.1 Å². The van der Waals surface area contributed by atoms with Gasteiger partial charge in [-0.2, -0.15) is 0 Å². The average Bonchev–Trinajstić information content (AvgIpc) is 3.19. The fourth-order valence-electron chi connectivity index (χ4n) is 2.80. The van der Waals surface area contributed by atoms with Crippen LogP contribution < -0.4 is 11.1 Å². The largest absolute Gasteiger partial charge is 0.478 e. The van der Waals surface area contributed by atoms with Crippen molar-refractivity contribution in [3.05, 3.63) is 23.8 Å². The molecule has 0 atom stereocenters. The van der Waals surface area contributed by atoms with Crippen molar-refractivity contribution in [1.82, 2.24) is 0 Å². The lowest BCUT2D eigenvalue weighted by Crippen LogP contribution is -2.19. The highest BCUT2D eigenvalue weighted by atomic mass is 16.4. The Bertz CT molecular complexity index is 491. The molecule has 0 heterocycles. The molecule has 2 aliphatic carbocycles. The van der Waals surface area contributed by atoms with Crippen LogP contribution in [-0.2, 0) is 0 Å². The van der Waals surface area contributed by atoms with Crippen LogP contribution in [0.5, 0.6) is 0 Å². The Morgan fingerprint density at radius 2 is 2.17 bits per heavy atom. The number of rotatable bonds is 5. The maximum Gasteiger partial charge on any atom is 0.337 e. The average molecular weight is 246 g/mol. The van der Waals surface area contributed by atoms with Crippen molar-refractivity contribution in [3.63, 3.8) is 0 Å². The van der Waals surface area contributed by atoms with E-state index in [1.807, 2.05) is 0 Å². The van der Waals surface area contributed by atoms with Crippen LogP contribution in [-0.4, -0.2) is 17.6 Å². The summed E-state index contributed by atoms with van der Waals surface area (Å²) in [4.78, 5) is 11.2. The number of aromatic carboxylic acids is 1. The zero-order chi connectivity index (χ0) is 12.8. The Hall–Kier alpha value is -1.71. The molecule has 96 valence electrons. The zero-order valence-corrected chi connectivity index (χ0v) is 10.3. The molecule has 2 fully saturated rings. The standard InChI is InChI=1S/C14H18N2O2/c15-11-3-1-2-10(13(17)18)12(11)16-8-14(6-7-14)9-4-5-9/h1-3,9,16H,4-8,15H2,(H,17,18). The fraction of sp³-hybridized carbons (Fsp3) is 0.500. The molecule has 0 aliphatic heterocycles. The van der Waals surface area contributed by atoms with Gasteiger partial charge in [0.05, 0.1) is 16.9 Å². The summed E-state index contributed by atoms with van der Waals surface area (Å²) in [5, 5.41) is 12.4. The minimum Gasteiger partial charge on any atom is -0.478 e. The van der Waals surface area contributed by atoms with Crippen molar-refractivity contribution in [1.29, 1.82) is 0 Å². The Morgan fingerprint density at radius 3 is 2.72 bits per heavy atom. The van der Waals surface area contributed by atoms with Gasteiger partial charge in [0, 0.05) is 6.54 Å². The van der Waals surface area contributed by atoms with E-state index in [-0.39, 0.29) is 5.56 Å². The maximum atomic E-state index is 11.2. The SMILES string of the molecule is Nc1cccc(C(=O)O)c1NCC1(C2CC2)CC1.